The van der Waals surface area contributed by atoms with Crippen LogP contribution in [0.4, 0.5) is 11.5 Å². The Morgan fingerprint density at radius 1 is 1.42 bits per heavy atom. The minimum atomic E-state index is -0.184. The second kappa shape index (κ2) is 4.70. The summed E-state index contributed by atoms with van der Waals surface area (Å²) in [5, 5.41) is 9.79. The fourth-order valence-electron chi connectivity index (χ4n) is 1.56. The highest BCUT2D eigenvalue weighted by Crippen LogP contribution is 2.25. The predicted octanol–water partition coefficient (Wildman–Crippen LogP) is 2.91. The first kappa shape index (κ1) is 13.6. The van der Waals surface area contributed by atoms with Crippen molar-refractivity contribution in [3.8, 4) is 0 Å². The van der Waals surface area contributed by atoms with E-state index < -0.39 is 0 Å². The number of aromatic amines is 1. The average molecular weight is 278 g/mol. The van der Waals surface area contributed by atoms with Gasteiger partial charge >= 0.3 is 0 Å². The van der Waals surface area contributed by atoms with Crippen molar-refractivity contribution in [3.63, 3.8) is 0 Å². The van der Waals surface area contributed by atoms with Gasteiger partial charge in [-0.1, -0.05) is 20.8 Å². The van der Waals surface area contributed by atoms with Crippen molar-refractivity contribution in [2.45, 2.75) is 33.1 Å². The second-order valence-corrected chi connectivity index (χ2v) is 6.75. The third kappa shape index (κ3) is 2.96. The summed E-state index contributed by atoms with van der Waals surface area (Å²) in [5.74, 6) is 0.344. The standard InChI is InChI=1S/C13H18N4OS/c1-7-8(14)5-9(19-7)12(18)15-11-6-10(16-17-11)13(2,3)4/h5-6H,14H2,1-4H3,(H2,15,16,17,18). The van der Waals surface area contributed by atoms with Crippen molar-refractivity contribution in [2.24, 2.45) is 0 Å². The number of H-pyrrole nitrogens is 1. The zero-order valence-corrected chi connectivity index (χ0v) is 12.3. The maximum absolute atomic E-state index is 12.0. The van der Waals surface area contributed by atoms with E-state index >= 15 is 0 Å². The minimum Gasteiger partial charge on any atom is -0.398 e. The number of thiophene rings is 1. The molecule has 0 aliphatic carbocycles. The van der Waals surface area contributed by atoms with E-state index in [1.807, 2.05) is 13.0 Å². The first-order valence-corrected chi connectivity index (χ1v) is 6.82. The molecule has 0 aliphatic rings. The van der Waals surface area contributed by atoms with Gasteiger partial charge in [-0.2, -0.15) is 5.10 Å². The van der Waals surface area contributed by atoms with Crippen LogP contribution in [0.3, 0.4) is 0 Å². The van der Waals surface area contributed by atoms with Gasteiger partial charge in [0, 0.05) is 27.7 Å². The van der Waals surface area contributed by atoms with Gasteiger partial charge in [-0.05, 0) is 13.0 Å². The molecule has 5 nitrogen and oxygen atoms in total. The van der Waals surface area contributed by atoms with Crippen LogP contribution in [0, 0.1) is 6.92 Å². The molecule has 0 fully saturated rings. The van der Waals surface area contributed by atoms with Crippen LogP contribution >= 0.6 is 11.3 Å². The van der Waals surface area contributed by atoms with Gasteiger partial charge in [-0.3, -0.25) is 9.89 Å². The van der Waals surface area contributed by atoms with Crippen LogP contribution in [-0.2, 0) is 5.41 Å². The molecule has 0 radical (unpaired) electrons. The molecule has 6 heteroatoms. The van der Waals surface area contributed by atoms with E-state index in [-0.39, 0.29) is 11.3 Å². The molecule has 0 aliphatic heterocycles. The zero-order chi connectivity index (χ0) is 14.2. The number of nitrogen functional groups attached to an aromatic ring is 1. The minimum absolute atomic E-state index is 0.0279. The van der Waals surface area contributed by atoms with E-state index in [9.17, 15) is 4.79 Å². The van der Waals surface area contributed by atoms with E-state index in [2.05, 4.69) is 36.3 Å². The van der Waals surface area contributed by atoms with Gasteiger partial charge in [0.05, 0.1) is 4.88 Å². The lowest BCUT2D eigenvalue weighted by Gasteiger charge is -2.14. The molecule has 0 atom stereocenters. The summed E-state index contributed by atoms with van der Waals surface area (Å²) in [6, 6.07) is 3.54. The van der Waals surface area contributed by atoms with Crippen LogP contribution in [0.2, 0.25) is 0 Å². The quantitative estimate of drug-likeness (QED) is 0.789. The van der Waals surface area contributed by atoms with Crippen LogP contribution in [0.15, 0.2) is 12.1 Å². The van der Waals surface area contributed by atoms with Crippen molar-refractivity contribution in [1.29, 1.82) is 0 Å². The summed E-state index contributed by atoms with van der Waals surface area (Å²) in [6.45, 7) is 8.13. The lowest BCUT2D eigenvalue weighted by molar-refractivity contribution is 0.103. The Labute approximate surface area is 116 Å². The third-order valence-electron chi connectivity index (χ3n) is 2.81. The van der Waals surface area contributed by atoms with Gasteiger partial charge in [-0.25, -0.2) is 0 Å². The Morgan fingerprint density at radius 3 is 2.58 bits per heavy atom. The molecule has 102 valence electrons. The largest absolute Gasteiger partial charge is 0.398 e. The molecule has 2 rings (SSSR count). The highest BCUT2D eigenvalue weighted by Gasteiger charge is 2.18. The van der Waals surface area contributed by atoms with Crippen LogP contribution in [0.1, 0.15) is 41.0 Å². The first-order valence-electron chi connectivity index (χ1n) is 6.00. The summed E-state index contributed by atoms with van der Waals surface area (Å²) in [7, 11) is 0. The fraction of sp³-hybridized carbons (Fsp3) is 0.385. The highest BCUT2D eigenvalue weighted by atomic mass is 32.1. The molecular weight excluding hydrogens is 260 g/mol. The Balaban J connectivity index is 2.13. The van der Waals surface area contributed by atoms with Crippen LogP contribution in [-0.4, -0.2) is 16.1 Å². The molecule has 2 aromatic rings. The maximum Gasteiger partial charge on any atom is 0.267 e. The number of nitrogens with one attached hydrogen (secondary N) is 2. The maximum atomic E-state index is 12.0. The molecule has 0 unspecified atom stereocenters. The zero-order valence-electron chi connectivity index (χ0n) is 11.5. The number of carbonyl (C=O) groups is 1. The number of hydrogen-bond donors (Lipinski definition) is 3. The molecule has 0 spiro atoms. The van der Waals surface area contributed by atoms with Crippen LogP contribution in [0.25, 0.3) is 0 Å². The van der Waals surface area contributed by atoms with Crippen molar-refractivity contribution in [3.05, 3.63) is 27.6 Å². The van der Waals surface area contributed by atoms with Gasteiger partial charge in [0.2, 0.25) is 0 Å². The Bertz CT molecular complexity index is 587. The normalized spacial score (nSPS) is 11.6. The molecule has 2 heterocycles. The van der Waals surface area contributed by atoms with Crippen LogP contribution in [0.5, 0.6) is 0 Å². The molecular formula is C13H18N4OS. The SMILES string of the molecule is Cc1sc(C(=O)Nc2cc(C(C)(C)C)[nH]n2)cc1N. The van der Waals surface area contributed by atoms with E-state index in [4.69, 9.17) is 5.73 Å². The molecule has 2 aromatic heterocycles. The second-order valence-electron chi connectivity index (χ2n) is 5.49. The van der Waals surface area contributed by atoms with Gasteiger partial charge in [0.1, 0.15) is 0 Å². The van der Waals surface area contributed by atoms with Gasteiger partial charge < -0.3 is 11.1 Å². The van der Waals surface area contributed by atoms with Crippen molar-refractivity contribution in [2.75, 3.05) is 11.1 Å². The number of aromatic nitrogens is 2. The fourth-order valence-corrected chi connectivity index (χ4v) is 2.39. The number of carbonyl (C=O) groups excluding carboxylic acids is 1. The van der Waals surface area contributed by atoms with Gasteiger partial charge in [-0.15, -0.1) is 11.3 Å². The monoisotopic (exact) mass is 278 g/mol. The Hall–Kier alpha value is -1.82. The number of nitrogens with zero attached hydrogens (tertiary/aromatic N) is 1. The lowest BCUT2D eigenvalue weighted by Crippen LogP contribution is -2.11. The van der Waals surface area contributed by atoms with E-state index in [0.717, 1.165) is 10.6 Å². The Kier molecular flexibility index (Phi) is 3.36. The Morgan fingerprint density at radius 2 is 2.11 bits per heavy atom. The molecule has 0 saturated carbocycles. The molecule has 1 amide bonds. The number of hydrogen-bond acceptors (Lipinski definition) is 4. The van der Waals surface area contributed by atoms with Crippen molar-refractivity contribution in [1.82, 2.24) is 10.2 Å². The lowest BCUT2D eigenvalue weighted by atomic mass is 9.92. The summed E-state index contributed by atoms with van der Waals surface area (Å²) < 4.78 is 0. The van der Waals surface area contributed by atoms with Gasteiger partial charge in [0.25, 0.3) is 5.91 Å². The van der Waals surface area contributed by atoms with Gasteiger partial charge in [0.15, 0.2) is 5.82 Å². The molecule has 19 heavy (non-hydrogen) atoms. The van der Waals surface area contributed by atoms with E-state index in [0.29, 0.717) is 16.4 Å². The summed E-state index contributed by atoms with van der Waals surface area (Å²) >= 11 is 1.38. The number of aryl methyl sites for hydroxylation is 1. The summed E-state index contributed by atoms with van der Waals surface area (Å²) in [6.07, 6.45) is 0. The molecule has 0 saturated heterocycles. The molecule has 0 aromatic carbocycles. The molecule has 0 bridgehead atoms. The predicted molar refractivity (Wildman–Crippen MR) is 78.7 cm³/mol. The van der Waals surface area contributed by atoms with Crippen molar-refractivity contribution < 1.29 is 4.79 Å². The topological polar surface area (TPSA) is 83.8 Å². The summed E-state index contributed by atoms with van der Waals surface area (Å²) in [5.41, 5.74) is 7.34. The highest BCUT2D eigenvalue weighted by molar-refractivity contribution is 7.14. The average Bonchev–Trinajstić information content (AvgIpc) is 2.86. The first-order chi connectivity index (χ1) is 8.77. The smallest absolute Gasteiger partial charge is 0.267 e. The van der Waals surface area contributed by atoms with Crippen molar-refractivity contribution >= 4 is 28.7 Å². The van der Waals surface area contributed by atoms with E-state index in [1.54, 1.807) is 6.07 Å². The molecule has 4 N–H and O–H groups in total. The summed E-state index contributed by atoms with van der Waals surface area (Å²) in [4.78, 5) is 13.6. The van der Waals surface area contributed by atoms with Crippen LogP contribution < -0.4 is 11.1 Å². The number of rotatable bonds is 2. The van der Waals surface area contributed by atoms with E-state index in [1.165, 1.54) is 11.3 Å². The number of anilines is 2. The number of amides is 1. The number of nitrogens with two attached hydrogens (primary N) is 1. The third-order valence-corrected chi connectivity index (χ3v) is 3.87.